The Morgan fingerprint density at radius 2 is 1.81 bits per heavy atom. The van der Waals surface area contributed by atoms with E-state index in [4.69, 9.17) is 8.92 Å². The lowest BCUT2D eigenvalue weighted by Crippen LogP contribution is -2.33. The summed E-state index contributed by atoms with van der Waals surface area (Å²) in [4.78, 5) is 13.6. The number of nitrogens with zero attached hydrogens (tertiary/aromatic N) is 1. The summed E-state index contributed by atoms with van der Waals surface area (Å²) in [6, 6.07) is 4.99. The molecule has 6 nitrogen and oxygen atoms in total. The summed E-state index contributed by atoms with van der Waals surface area (Å²) in [6.45, 7) is 6.26. The van der Waals surface area contributed by atoms with Crippen LogP contribution in [0.4, 0.5) is 4.79 Å². The minimum absolute atomic E-state index is 0.252. The Morgan fingerprint density at radius 3 is 2.38 bits per heavy atom. The molecular weight excluding hydrogens is 294 g/mol. The maximum absolute atomic E-state index is 12.0. The molecule has 2 rings (SSSR count). The summed E-state index contributed by atoms with van der Waals surface area (Å²) >= 11 is 0. The van der Waals surface area contributed by atoms with Crippen LogP contribution >= 0.6 is 0 Å². The van der Waals surface area contributed by atoms with E-state index in [2.05, 4.69) is 0 Å². The van der Waals surface area contributed by atoms with Crippen LogP contribution in [0.2, 0.25) is 0 Å². The van der Waals surface area contributed by atoms with Crippen LogP contribution in [-0.4, -0.2) is 31.3 Å². The molecule has 0 bridgehead atoms. The first-order valence-electron chi connectivity index (χ1n) is 6.53. The molecule has 0 N–H and O–H groups in total. The summed E-state index contributed by atoms with van der Waals surface area (Å²) in [5.41, 5.74) is 1.28. The van der Waals surface area contributed by atoms with E-state index in [0.717, 1.165) is 17.4 Å². The highest BCUT2D eigenvalue weighted by atomic mass is 32.2. The predicted octanol–water partition coefficient (Wildman–Crippen LogP) is 2.28. The zero-order chi connectivity index (χ0) is 15.8. The van der Waals surface area contributed by atoms with Crippen LogP contribution in [-0.2, 0) is 27.9 Å². The van der Waals surface area contributed by atoms with Gasteiger partial charge in [-0.1, -0.05) is 6.07 Å². The molecule has 0 fully saturated rings. The fraction of sp³-hybridized carbons (Fsp3) is 0.500. The number of ether oxygens (including phenoxy) is 1. The molecule has 1 aliphatic rings. The number of benzene rings is 1. The van der Waals surface area contributed by atoms with Gasteiger partial charge >= 0.3 is 16.2 Å². The van der Waals surface area contributed by atoms with Crippen LogP contribution in [0, 0.1) is 0 Å². The zero-order valence-corrected chi connectivity index (χ0v) is 13.4. The van der Waals surface area contributed by atoms with E-state index in [9.17, 15) is 13.2 Å². The standard InChI is InChI=1S/C14H19NO5S/c1-14(2,3)19-13(16)15-8-10-5-6-12(7-11(10)9-15)20-21(4,17)18/h5-7H,8-9H2,1-4H3. The molecule has 1 amide bonds. The Labute approximate surface area is 124 Å². The van der Waals surface area contributed by atoms with Crippen molar-refractivity contribution in [2.45, 2.75) is 39.5 Å². The lowest BCUT2D eigenvalue weighted by Gasteiger charge is -2.24. The van der Waals surface area contributed by atoms with Gasteiger partial charge in [-0.15, -0.1) is 0 Å². The van der Waals surface area contributed by atoms with Gasteiger partial charge in [0.15, 0.2) is 0 Å². The molecule has 1 aromatic rings. The molecule has 1 heterocycles. The van der Waals surface area contributed by atoms with Gasteiger partial charge in [-0.3, -0.25) is 4.90 Å². The molecule has 1 aromatic carbocycles. The second-order valence-corrected chi connectivity index (χ2v) is 7.63. The number of fused-ring (bicyclic) bond motifs is 1. The monoisotopic (exact) mass is 313 g/mol. The first-order chi connectivity index (χ1) is 9.53. The Bertz CT molecular complexity index is 660. The molecule has 7 heteroatoms. The summed E-state index contributed by atoms with van der Waals surface area (Å²) < 4.78 is 32.4. The van der Waals surface area contributed by atoms with E-state index in [0.29, 0.717) is 13.1 Å². The van der Waals surface area contributed by atoms with Gasteiger partial charge in [0.05, 0.1) is 6.26 Å². The molecule has 0 saturated heterocycles. The van der Waals surface area contributed by atoms with Crippen LogP contribution in [0.25, 0.3) is 0 Å². The van der Waals surface area contributed by atoms with Crippen molar-refractivity contribution in [2.75, 3.05) is 6.26 Å². The molecule has 0 atom stereocenters. The Kier molecular flexibility index (Phi) is 3.88. The molecule has 0 unspecified atom stereocenters. The highest BCUT2D eigenvalue weighted by molar-refractivity contribution is 7.86. The molecule has 116 valence electrons. The number of hydrogen-bond donors (Lipinski definition) is 0. The maximum atomic E-state index is 12.0. The van der Waals surface area contributed by atoms with Crippen LogP contribution in [0.1, 0.15) is 31.9 Å². The van der Waals surface area contributed by atoms with Gasteiger partial charge in [0, 0.05) is 13.1 Å². The van der Waals surface area contributed by atoms with Gasteiger partial charge in [-0.2, -0.15) is 8.42 Å². The number of carbonyl (C=O) groups excluding carboxylic acids is 1. The van der Waals surface area contributed by atoms with Crippen molar-refractivity contribution in [3.05, 3.63) is 29.3 Å². The van der Waals surface area contributed by atoms with Gasteiger partial charge in [0.25, 0.3) is 0 Å². The lowest BCUT2D eigenvalue weighted by atomic mass is 10.1. The van der Waals surface area contributed by atoms with E-state index in [1.54, 1.807) is 23.1 Å². The quantitative estimate of drug-likeness (QED) is 0.783. The van der Waals surface area contributed by atoms with Crippen molar-refractivity contribution < 1.29 is 22.1 Å². The average molecular weight is 313 g/mol. The Balaban J connectivity index is 2.11. The number of hydrogen-bond acceptors (Lipinski definition) is 5. The summed E-state index contributed by atoms with van der Waals surface area (Å²) in [5.74, 6) is 0.252. The average Bonchev–Trinajstić information content (AvgIpc) is 2.67. The molecule has 0 aromatic heterocycles. The van der Waals surface area contributed by atoms with Crippen LogP contribution in [0.15, 0.2) is 18.2 Å². The number of rotatable bonds is 2. The van der Waals surface area contributed by atoms with E-state index in [1.165, 1.54) is 0 Å². The van der Waals surface area contributed by atoms with E-state index in [-0.39, 0.29) is 11.8 Å². The summed E-state index contributed by atoms with van der Waals surface area (Å²) in [6.07, 6.45) is 0.608. The Hall–Kier alpha value is -1.76. The summed E-state index contributed by atoms with van der Waals surface area (Å²) in [7, 11) is -3.55. The third kappa shape index (κ3) is 4.35. The first-order valence-corrected chi connectivity index (χ1v) is 8.34. The molecule has 0 spiro atoms. The molecule has 1 aliphatic heterocycles. The predicted molar refractivity (Wildman–Crippen MR) is 77.4 cm³/mol. The van der Waals surface area contributed by atoms with Crippen LogP contribution < -0.4 is 4.18 Å². The van der Waals surface area contributed by atoms with Crippen molar-refractivity contribution in [3.63, 3.8) is 0 Å². The summed E-state index contributed by atoms with van der Waals surface area (Å²) in [5, 5.41) is 0. The van der Waals surface area contributed by atoms with E-state index >= 15 is 0 Å². The molecule has 0 radical (unpaired) electrons. The highest BCUT2D eigenvalue weighted by Gasteiger charge is 2.28. The van der Waals surface area contributed by atoms with Gasteiger partial charge in [0.2, 0.25) is 0 Å². The van der Waals surface area contributed by atoms with Crippen LogP contribution in [0.3, 0.4) is 0 Å². The van der Waals surface area contributed by atoms with Crippen molar-refractivity contribution in [3.8, 4) is 5.75 Å². The smallest absolute Gasteiger partial charge is 0.410 e. The van der Waals surface area contributed by atoms with Gasteiger partial charge in [-0.25, -0.2) is 4.79 Å². The van der Waals surface area contributed by atoms with E-state index in [1.807, 2.05) is 20.8 Å². The SMILES string of the molecule is CC(C)(C)OC(=O)N1Cc2ccc(OS(C)(=O)=O)cc2C1. The van der Waals surface area contributed by atoms with Crippen LogP contribution in [0.5, 0.6) is 5.75 Å². The van der Waals surface area contributed by atoms with Crippen molar-refractivity contribution in [1.29, 1.82) is 0 Å². The van der Waals surface area contributed by atoms with E-state index < -0.39 is 15.7 Å². The van der Waals surface area contributed by atoms with Gasteiger partial charge < -0.3 is 8.92 Å². The Morgan fingerprint density at radius 1 is 1.19 bits per heavy atom. The second-order valence-electron chi connectivity index (χ2n) is 6.05. The largest absolute Gasteiger partial charge is 0.444 e. The van der Waals surface area contributed by atoms with Crippen molar-refractivity contribution in [2.24, 2.45) is 0 Å². The minimum atomic E-state index is -3.55. The normalized spacial score (nSPS) is 14.8. The van der Waals surface area contributed by atoms with Crippen molar-refractivity contribution in [1.82, 2.24) is 4.90 Å². The molecular formula is C14H19NO5S. The first kappa shape index (κ1) is 15.6. The van der Waals surface area contributed by atoms with Gasteiger partial charge in [-0.05, 0) is 44.0 Å². The van der Waals surface area contributed by atoms with Gasteiger partial charge in [0.1, 0.15) is 11.4 Å². The second kappa shape index (κ2) is 5.22. The third-order valence-corrected chi connectivity index (χ3v) is 3.29. The van der Waals surface area contributed by atoms with Crippen molar-refractivity contribution >= 4 is 16.2 Å². The topological polar surface area (TPSA) is 72.9 Å². The number of carbonyl (C=O) groups is 1. The third-order valence-electron chi connectivity index (χ3n) is 2.80. The molecule has 0 saturated carbocycles. The fourth-order valence-electron chi connectivity index (χ4n) is 2.05. The number of amides is 1. The highest BCUT2D eigenvalue weighted by Crippen LogP contribution is 2.28. The molecule has 21 heavy (non-hydrogen) atoms. The zero-order valence-electron chi connectivity index (χ0n) is 12.5. The lowest BCUT2D eigenvalue weighted by molar-refractivity contribution is 0.0242. The fourth-order valence-corrected chi connectivity index (χ4v) is 2.51. The maximum Gasteiger partial charge on any atom is 0.410 e. The molecule has 0 aliphatic carbocycles. The minimum Gasteiger partial charge on any atom is -0.444 e.